The first-order chi connectivity index (χ1) is 14.8. The molecule has 0 aliphatic carbocycles. The van der Waals surface area contributed by atoms with Crippen LogP contribution in [0.2, 0.25) is 0 Å². The molecule has 0 aromatic heterocycles. The van der Waals surface area contributed by atoms with E-state index in [2.05, 4.69) is 104 Å². The van der Waals surface area contributed by atoms with Crippen LogP contribution in [-0.2, 0) is 12.8 Å². The Morgan fingerprint density at radius 3 is 1.35 bits per heavy atom. The molecule has 31 heavy (non-hydrogen) atoms. The summed E-state index contributed by atoms with van der Waals surface area (Å²) in [6, 6.07) is 24.3. The van der Waals surface area contributed by atoms with Crippen molar-refractivity contribution in [2.75, 3.05) is 10.6 Å². The van der Waals surface area contributed by atoms with Crippen LogP contribution in [0.25, 0.3) is 0 Å². The van der Waals surface area contributed by atoms with E-state index in [1.165, 1.54) is 27.8 Å². The van der Waals surface area contributed by atoms with Crippen molar-refractivity contribution in [1.82, 2.24) is 0 Å². The van der Waals surface area contributed by atoms with Gasteiger partial charge in [0, 0.05) is 22.8 Å². The number of rotatable bonds is 9. The lowest BCUT2D eigenvalue weighted by Crippen LogP contribution is -1.99. The molecule has 2 nitrogen and oxygen atoms in total. The van der Waals surface area contributed by atoms with Gasteiger partial charge in [-0.05, 0) is 84.7 Å². The molecular weight excluding hydrogens is 376 g/mol. The molecule has 0 aliphatic rings. The van der Waals surface area contributed by atoms with Crippen molar-refractivity contribution in [3.63, 3.8) is 0 Å². The molecule has 3 aromatic rings. The van der Waals surface area contributed by atoms with Crippen molar-refractivity contribution in [1.29, 1.82) is 0 Å². The van der Waals surface area contributed by atoms with Gasteiger partial charge in [-0.2, -0.15) is 0 Å². The van der Waals surface area contributed by atoms with E-state index in [9.17, 15) is 0 Å². The van der Waals surface area contributed by atoms with Crippen molar-refractivity contribution < 1.29 is 0 Å². The molecule has 0 atom stereocenters. The third-order valence-corrected chi connectivity index (χ3v) is 5.18. The van der Waals surface area contributed by atoms with Crippen molar-refractivity contribution in [2.45, 2.75) is 46.5 Å². The minimum atomic E-state index is 0.503. The second-order valence-electron chi connectivity index (χ2n) is 8.80. The van der Waals surface area contributed by atoms with Gasteiger partial charge in [0.2, 0.25) is 0 Å². The Bertz CT molecular complexity index is 961. The molecule has 3 rings (SSSR count). The number of hydrogen-bond acceptors (Lipinski definition) is 2. The Labute approximate surface area is 187 Å². The molecule has 2 heteroatoms. The molecule has 3 aromatic carbocycles. The predicted octanol–water partition coefficient (Wildman–Crippen LogP) is 7.88. The second-order valence-corrected chi connectivity index (χ2v) is 8.80. The molecule has 0 bridgehead atoms. The van der Waals surface area contributed by atoms with Gasteiger partial charge in [-0.25, -0.2) is 0 Å². The zero-order valence-electron chi connectivity index (χ0n) is 19.3. The molecule has 0 spiro atoms. The summed E-state index contributed by atoms with van der Waals surface area (Å²) in [4.78, 5) is 0. The smallest absolute Gasteiger partial charge is 0.0381 e. The Hall–Kier alpha value is -3.26. The fourth-order valence-corrected chi connectivity index (χ4v) is 3.70. The van der Waals surface area contributed by atoms with Crippen LogP contribution in [0.5, 0.6) is 0 Å². The minimum absolute atomic E-state index is 0.503. The van der Waals surface area contributed by atoms with Gasteiger partial charge in [0.25, 0.3) is 0 Å². The van der Waals surface area contributed by atoms with E-state index in [4.69, 9.17) is 0 Å². The molecule has 0 saturated heterocycles. The number of benzene rings is 3. The maximum absolute atomic E-state index is 3.91. The molecule has 0 amide bonds. The lowest BCUT2D eigenvalue weighted by Gasteiger charge is -2.14. The lowest BCUT2D eigenvalue weighted by molar-refractivity contribution is 0.859. The van der Waals surface area contributed by atoms with Crippen LogP contribution in [0.1, 0.15) is 61.4 Å². The molecular formula is C29H34N2. The number of nitrogens with one attached hydrogen (secondary N) is 2. The standard InChI is InChI=1S/C29H34N2/c1-20(2)27-18-25(15-23-7-11-28(12-8-23)30-21(3)4)17-26(19-27)16-24-9-13-29(14-10-24)31-22(5)6/h7-14,17-20,30-31H,3,5,15-16H2,1-2,4,6H3. The first kappa shape index (κ1) is 22.4. The van der Waals surface area contributed by atoms with Crippen molar-refractivity contribution >= 4 is 11.4 Å². The largest absolute Gasteiger partial charge is 0.360 e. The summed E-state index contributed by atoms with van der Waals surface area (Å²) in [5.41, 5.74) is 10.8. The highest BCUT2D eigenvalue weighted by Gasteiger charge is 2.07. The fourth-order valence-electron chi connectivity index (χ4n) is 3.70. The van der Waals surface area contributed by atoms with Gasteiger partial charge in [0.05, 0.1) is 0 Å². The molecule has 2 N–H and O–H groups in total. The van der Waals surface area contributed by atoms with E-state index in [-0.39, 0.29) is 0 Å². The molecule has 0 radical (unpaired) electrons. The maximum atomic E-state index is 3.91. The van der Waals surface area contributed by atoms with Gasteiger partial charge in [0.1, 0.15) is 0 Å². The summed E-state index contributed by atoms with van der Waals surface area (Å²) in [6.07, 6.45) is 1.87. The normalized spacial score (nSPS) is 10.7. The molecule has 0 heterocycles. The summed E-state index contributed by atoms with van der Waals surface area (Å²) in [7, 11) is 0. The summed E-state index contributed by atoms with van der Waals surface area (Å²) in [5, 5.41) is 6.53. The van der Waals surface area contributed by atoms with Crippen LogP contribution >= 0.6 is 0 Å². The first-order valence-electron chi connectivity index (χ1n) is 10.9. The third kappa shape index (κ3) is 6.89. The quantitative estimate of drug-likeness (QED) is 0.375. The molecule has 0 saturated carbocycles. The van der Waals surface area contributed by atoms with Crippen LogP contribution in [0.3, 0.4) is 0 Å². The minimum Gasteiger partial charge on any atom is -0.360 e. The molecule has 160 valence electrons. The molecule has 0 unspecified atom stereocenters. The van der Waals surface area contributed by atoms with E-state index < -0.39 is 0 Å². The Balaban J connectivity index is 1.79. The van der Waals surface area contributed by atoms with Crippen LogP contribution in [0.4, 0.5) is 11.4 Å². The average molecular weight is 411 g/mol. The highest BCUT2D eigenvalue weighted by Crippen LogP contribution is 2.24. The van der Waals surface area contributed by atoms with Gasteiger partial charge in [-0.15, -0.1) is 0 Å². The van der Waals surface area contributed by atoms with Crippen molar-refractivity contribution in [3.8, 4) is 0 Å². The average Bonchev–Trinajstić information content (AvgIpc) is 2.70. The van der Waals surface area contributed by atoms with Gasteiger partial charge in [-0.1, -0.05) is 69.5 Å². The monoisotopic (exact) mass is 410 g/mol. The van der Waals surface area contributed by atoms with Crippen LogP contribution < -0.4 is 10.6 Å². The first-order valence-corrected chi connectivity index (χ1v) is 10.9. The highest BCUT2D eigenvalue weighted by molar-refractivity contribution is 5.50. The Morgan fingerprint density at radius 1 is 0.645 bits per heavy atom. The molecule has 0 fully saturated rings. The number of anilines is 2. The van der Waals surface area contributed by atoms with Crippen molar-refractivity contribution in [3.05, 3.63) is 119 Å². The number of allylic oxidation sites excluding steroid dienone is 2. The second kappa shape index (κ2) is 10.2. The number of hydrogen-bond donors (Lipinski definition) is 2. The van der Waals surface area contributed by atoms with Gasteiger partial charge >= 0.3 is 0 Å². The van der Waals surface area contributed by atoms with Gasteiger partial charge in [-0.3, -0.25) is 0 Å². The van der Waals surface area contributed by atoms with E-state index in [0.717, 1.165) is 35.6 Å². The summed E-state index contributed by atoms with van der Waals surface area (Å²) >= 11 is 0. The topological polar surface area (TPSA) is 24.1 Å². The zero-order chi connectivity index (χ0) is 22.4. The third-order valence-electron chi connectivity index (χ3n) is 5.18. The highest BCUT2D eigenvalue weighted by atomic mass is 14.9. The van der Waals surface area contributed by atoms with E-state index in [1.807, 2.05) is 13.8 Å². The van der Waals surface area contributed by atoms with Crippen LogP contribution in [0.15, 0.2) is 91.3 Å². The maximum Gasteiger partial charge on any atom is 0.0381 e. The molecule has 0 aliphatic heterocycles. The Morgan fingerprint density at radius 2 is 1.03 bits per heavy atom. The van der Waals surface area contributed by atoms with Crippen molar-refractivity contribution in [2.24, 2.45) is 0 Å². The summed E-state index contributed by atoms with van der Waals surface area (Å²) < 4.78 is 0. The van der Waals surface area contributed by atoms with E-state index in [1.54, 1.807) is 0 Å². The van der Waals surface area contributed by atoms with E-state index >= 15 is 0 Å². The zero-order valence-corrected chi connectivity index (χ0v) is 19.3. The lowest BCUT2D eigenvalue weighted by atomic mass is 9.92. The predicted molar refractivity (Wildman–Crippen MR) is 136 cm³/mol. The SMILES string of the molecule is C=C(C)Nc1ccc(Cc2cc(Cc3ccc(NC(=C)C)cc3)cc(C(C)C)c2)cc1. The van der Waals surface area contributed by atoms with E-state index in [0.29, 0.717) is 5.92 Å². The summed E-state index contributed by atoms with van der Waals surface area (Å²) in [5.74, 6) is 0.503. The summed E-state index contributed by atoms with van der Waals surface area (Å²) in [6.45, 7) is 16.3. The van der Waals surface area contributed by atoms with Crippen LogP contribution in [-0.4, -0.2) is 0 Å². The van der Waals surface area contributed by atoms with Gasteiger partial charge in [0.15, 0.2) is 0 Å². The Kier molecular flexibility index (Phi) is 7.36. The fraction of sp³-hybridized carbons (Fsp3) is 0.241. The van der Waals surface area contributed by atoms with Gasteiger partial charge < -0.3 is 10.6 Å². The van der Waals surface area contributed by atoms with Crippen LogP contribution in [0, 0.1) is 0 Å².